The van der Waals surface area contributed by atoms with Crippen LogP contribution in [-0.4, -0.2) is 39.3 Å². The Morgan fingerprint density at radius 2 is 1.77 bits per heavy atom. The Balaban J connectivity index is 1.76. The summed E-state index contributed by atoms with van der Waals surface area (Å²) in [4.78, 5) is 13.7. The lowest BCUT2D eigenvalue weighted by Gasteiger charge is -2.26. The minimum absolute atomic E-state index is 0.201. The van der Waals surface area contributed by atoms with Crippen LogP contribution in [0.15, 0.2) is 72.8 Å². The van der Waals surface area contributed by atoms with E-state index in [0.717, 1.165) is 17.5 Å². The molecule has 0 aromatic heterocycles. The van der Waals surface area contributed by atoms with Crippen molar-refractivity contribution in [2.45, 2.75) is 57.7 Å². The number of nitrogens with one attached hydrogen (secondary N) is 1. The van der Waals surface area contributed by atoms with E-state index in [0.29, 0.717) is 49.2 Å². The minimum atomic E-state index is -3.54. The molecule has 0 radical (unpaired) electrons. The van der Waals surface area contributed by atoms with Crippen molar-refractivity contribution in [2.24, 2.45) is 5.73 Å². The number of fused-ring (bicyclic) bond motifs is 4. The number of aryl methyl sites for hydroxylation is 1. The van der Waals surface area contributed by atoms with E-state index in [2.05, 4.69) is 29.6 Å². The third-order valence-electron chi connectivity index (χ3n) is 6.88. The van der Waals surface area contributed by atoms with Crippen molar-refractivity contribution in [2.75, 3.05) is 23.7 Å². The number of hydrogen-bond acceptors (Lipinski definition) is 5. The zero-order chi connectivity index (χ0) is 28.0. The van der Waals surface area contributed by atoms with Gasteiger partial charge in [0.25, 0.3) is 5.91 Å². The van der Waals surface area contributed by atoms with Gasteiger partial charge in [-0.2, -0.15) is 0 Å². The smallest absolute Gasteiger partial charge is 0.251 e. The summed E-state index contributed by atoms with van der Waals surface area (Å²) in [5.74, 6) is -0.263. The Morgan fingerprint density at radius 1 is 1.03 bits per heavy atom. The highest BCUT2D eigenvalue weighted by Gasteiger charge is 2.23. The van der Waals surface area contributed by atoms with E-state index >= 15 is 0 Å². The van der Waals surface area contributed by atoms with Gasteiger partial charge >= 0.3 is 0 Å². The van der Waals surface area contributed by atoms with E-state index in [9.17, 15) is 13.2 Å². The van der Waals surface area contributed by atoms with Gasteiger partial charge in [0.2, 0.25) is 10.0 Å². The number of nitrogens with two attached hydrogens (primary N) is 1. The monoisotopic (exact) mass is 549 g/mol. The molecule has 39 heavy (non-hydrogen) atoms. The number of nitrogens with zero attached hydrogens (tertiary/aromatic N) is 1. The molecule has 1 aliphatic rings. The first-order chi connectivity index (χ1) is 18.5. The molecule has 2 unspecified atom stereocenters. The fourth-order valence-corrected chi connectivity index (χ4v) is 6.10. The van der Waals surface area contributed by atoms with Crippen LogP contribution >= 0.6 is 0 Å². The topological polar surface area (TPSA) is 102 Å². The summed E-state index contributed by atoms with van der Waals surface area (Å²) in [6, 6.07) is 23.3. The lowest BCUT2D eigenvalue weighted by atomic mass is 9.92. The highest BCUT2D eigenvalue weighted by atomic mass is 32.2. The number of amides is 1. The maximum atomic E-state index is 13.7. The van der Waals surface area contributed by atoms with Crippen molar-refractivity contribution in [1.82, 2.24) is 5.32 Å². The van der Waals surface area contributed by atoms with Crippen LogP contribution in [0.1, 0.15) is 65.3 Å². The first-order valence-corrected chi connectivity index (χ1v) is 15.3. The standard InChI is InChI=1S/C31H39N3O4S/c1-4-15-34(39(3,36)37)28-18-25-17-27(19-28)30(35)33-29(26-11-6-5-7-12-26)14-13-23-9-8-10-24(16-23)20-31(2,32)22-38-21-25/h5-12,16-19,29H,4,13-15,20-22,32H2,1-3H3,(H,33,35). The first-order valence-electron chi connectivity index (χ1n) is 13.5. The third kappa shape index (κ3) is 7.91. The zero-order valence-corrected chi connectivity index (χ0v) is 23.8. The van der Waals surface area contributed by atoms with Crippen LogP contribution < -0.4 is 15.4 Å². The average molecular weight is 550 g/mol. The molecule has 0 saturated carbocycles. The Bertz CT molecular complexity index is 1390. The lowest BCUT2D eigenvalue weighted by Crippen LogP contribution is -2.43. The number of hydrogen-bond donors (Lipinski definition) is 2. The molecule has 2 atom stereocenters. The molecule has 3 aromatic rings. The molecular formula is C31H39N3O4S. The van der Waals surface area contributed by atoms with Crippen LogP contribution in [0.3, 0.4) is 0 Å². The van der Waals surface area contributed by atoms with Gasteiger partial charge in [-0.1, -0.05) is 61.5 Å². The fraction of sp³-hybridized carbons (Fsp3) is 0.387. The molecule has 4 bridgehead atoms. The molecule has 7 nitrogen and oxygen atoms in total. The molecule has 0 saturated heterocycles. The minimum Gasteiger partial charge on any atom is -0.375 e. The number of anilines is 1. The highest BCUT2D eigenvalue weighted by molar-refractivity contribution is 7.92. The summed E-state index contributed by atoms with van der Waals surface area (Å²) in [6.07, 6.45) is 3.96. The van der Waals surface area contributed by atoms with E-state index in [1.807, 2.05) is 44.2 Å². The van der Waals surface area contributed by atoms with E-state index in [1.165, 1.54) is 16.1 Å². The largest absolute Gasteiger partial charge is 0.375 e. The van der Waals surface area contributed by atoms with Gasteiger partial charge in [-0.25, -0.2) is 8.42 Å². The molecule has 0 fully saturated rings. The van der Waals surface area contributed by atoms with Crippen molar-refractivity contribution >= 4 is 21.6 Å². The van der Waals surface area contributed by atoms with Crippen molar-refractivity contribution in [3.8, 4) is 0 Å². The predicted octanol–water partition coefficient (Wildman–Crippen LogP) is 4.76. The van der Waals surface area contributed by atoms with E-state index < -0.39 is 15.6 Å². The SMILES string of the molecule is CCCN(c1cc2cc(c1)C(=O)NC(c1ccccc1)CCc1cccc(c1)CC(C)(N)COC2)S(C)(=O)=O. The van der Waals surface area contributed by atoms with Crippen molar-refractivity contribution in [1.29, 1.82) is 0 Å². The quantitative estimate of drug-likeness (QED) is 0.478. The molecule has 1 aliphatic heterocycles. The van der Waals surface area contributed by atoms with Crippen LogP contribution in [-0.2, 0) is 34.2 Å². The first kappa shape index (κ1) is 28.8. The average Bonchev–Trinajstić information content (AvgIpc) is 2.88. The molecule has 1 heterocycles. The second kappa shape index (κ2) is 12.3. The Hall–Kier alpha value is -3.20. The second-order valence-electron chi connectivity index (χ2n) is 10.8. The Labute approximate surface area is 232 Å². The predicted molar refractivity (Wildman–Crippen MR) is 156 cm³/mol. The van der Waals surface area contributed by atoms with Gasteiger partial charge in [-0.15, -0.1) is 0 Å². The van der Waals surface area contributed by atoms with Gasteiger partial charge in [0.1, 0.15) is 0 Å². The van der Waals surface area contributed by atoms with Crippen LogP contribution in [0.2, 0.25) is 0 Å². The van der Waals surface area contributed by atoms with Crippen LogP contribution in [0, 0.1) is 0 Å². The number of benzene rings is 3. The van der Waals surface area contributed by atoms with Crippen LogP contribution in [0.5, 0.6) is 0 Å². The molecule has 208 valence electrons. The summed E-state index contributed by atoms with van der Waals surface area (Å²) < 4.78 is 32.7. The van der Waals surface area contributed by atoms with Gasteiger partial charge in [-0.3, -0.25) is 9.10 Å². The maximum absolute atomic E-state index is 13.7. The second-order valence-corrected chi connectivity index (χ2v) is 12.7. The lowest BCUT2D eigenvalue weighted by molar-refractivity contribution is 0.0789. The molecule has 8 heteroatoms. The van der Waals surface area contributed by atoms with Gasteiger partial charge in [0.15, 0.2) is 0 Å². The van der Waals surface area contributed by atoms with Gasteiger partial charge in [0, 0.05) is 17.6 Å². The number of sulfonamides is 1. The van der Waals surface area contributed by atoms with Crippen molar-refractivity contribution in [3.63, 3.8) is 0 Å². The number of carbonyl (C=O) groups is 1. The molecule has 0 spiro atoms. The normalized spacial score (nSPS) is 20.7. The molecule has 3 aromatic carbocycles. The van der Waals surface area contributed by atoms with E-state index in [4.69, 9.17) is 10.5 Å². The highest BCUT2D eigenvalue weighted by Crippen LogP contribution is 2.26. The molecular weight excluding hydrogens is 510 g/mol. The summed E-state index contributed by atoms with van der Waals surface area (Å²) in [6.45, 7) is 4.72. The zero-order valence-electron chi connectivity index (χ0n) is 23.0. The summed E-state index contributed by atoms with van der Waals surface area (Å²) in [7, 11) is -3.54. The van der Waals surface area contributed by atoms with E-state index in [-0.39, 0.29) is 18.6 Å². The summed E-state index contributed by atoms with van der Waals surface area (Å²) >= 11 is 0. The van der Waals surface area contributed by atoms with Crippen molar-refractivity contribution in [3.05, 3.63) is 101 Å². The van der Waals surface area contributed by atoms with E-state index in [1.54, 1.807) is 18.2 Å². The third-order valence-corrected chi connectivity index (χ3v) is 8.08. The van der Waals surface area contributed by atoms with Crippen LogP contribution in [0.25, 0.3) is 0 Å². The number of carbonyl (C=O) groups excluding carboxylic acids is 1. The van der Waals surface area contributed by atoms with Gasteiger partial charge in [0.05, 0.1) is 31.2 Å². The van der Waals surface area contributed by atoms with Gasteiger partial charge in [-0.05, 0) is 73.1 Å². The molecule has 4 rings (SSSR count). The Kier molecular flexibility index (Phi) is 9.10. The molecule has 1 amide bonds. The van der Waals surface area contributed by atoms with Gasteiger partial charge < -0.3 is 15.8 Å². The summed E-state index contributed by atoms with van der Waals surface area (Å²) in [5.41, 5.74) is 10.9. The molecule has 0 aliphatic carbocycles. The van der Waals surface area contributed by atoms with Crippen LogP contribution in [0.4, 0.5) is 5.69 Å². The summed E-state index contributed by atoms with van der Waals surface area (Å²) in [5, 5.41) is 3.21. The molecule has 3 N–H and O–H groups in total. The van der Waals surface area contributed by atoms with Crippen molar-refractivity contribution < 1.29 is 17.9 Å². The number of ether oxygens (including phenoxy) is 1. The Morgan fingerprint density at radius 3 is 2.49 bits per heavy atom. The fourth-order valence-electron chi connectivity index (χ4n) is 5.10. The number of rotatable bonds is 5. The maximum Gasteiger partial charge on any atom is 0.251 e.